The molecule has 1 unspecified atom stereocenters. The molecule has 5 heteroatoms. The van der Waals surface area contributed by atoms with Crippen LogP contribution in [0.3, 0.4) is 0 Å². The largest absolute Gasteiger partial charge is 0.497 e. The predicted octanol–water partition coefficient (Wildman–Crippen LogP) is 12.7. The Morgan fingerprint density at radius 1 is 0.759 bits per heavy atom. The van der Waals surface area contributed by atoms with Gasteiger partial charge in [-0.1, -0.05) is 102 Å². The number of methoxy groups -OCH3 is 1. The molecule has 5 aromatic rings. The van der Waals surface area contributed by atoms with Gasteiger partial charge in [0.05, 0.1) is 20.3 Å². The van der Waals surface area contributed by atoms with Crippen molar-refractivity contribution >= 4 is 28.2 Å². The molecular weight excluding hydrogens is 713 g/mol. The summed E-state index contributed by atoms with van der Waals surface area (Å²) in [6.45, 7) is 15.8. The van der Waals surface area contributed by atoms with Gasteiger partial charge in [-0.2, -0.15) is 0 Å². The fraction of sp³-hybridized carbons (Fsp3) is 0.396. The molecule has 5 aromatic carbocycles. The minimum Gasteiger partial charge on any atom is -0.497 e. The van der Waals surface area contributed by atoms with Crippen molar-refractivity contribution in [3.05, 3.63) is 137 Å². The smallest absolute Gasteiger partial charge is 0.178 e. The molecular formula is C53H60N2O3. The van der Waals surface area contributed by atoms with Crippen LogP contribution < -0.4 is 19.3 Å². The first-order valence-electron chi connectivity index (χ1n) is 22.1. The molecule has 300 valence electrons. The highest BCUT2D eigenvalue weighted by Crippen LogP contribution is 2.62. The van der Waals surface area contributed by atoms with Gasteiger partial charge in [0.15, 0.2) is 5.60 Å². The van der Waals surface area contributed by atoms with Crippen LogP contribution in [0.4, 0.5) is 11.4 Å². The van der Waals surface area contributed by atoms with E-state index < -0.39 is 5.60 Å². The van der Waals surface area contributed by atoms with Crippen LogP contribution in [0.25, 0.3) is 28.0 Å². The van der Waals surface area contributed by atoms with Crippen molar-refractivity contribution in [2.24, 2.45) is 0 Å². The van der Waals surface area contributed by atoms with E-state index in [1.807, 2.05) is 0 Å². The number of nitrogens with zero attached hydrogens (tertiary/aromatic N) is 2. The zero-order valence-electron chi connectivity index (χ0n) is 35.2. The van der Waals surface area contributed by atoms with Crippen molar-refractivity contribution in [2.45, 2.75) is 96.0 Å². The number of ether oxygens (including phenoxy) is 3. The molecule has 0 amide bonds. The summed E-state index contributed by atoms with van der Waals surface area (Å²) in [6.07, 6.45) is 16.1. The molecule has 3 heterocycles. The van der Waals surface area contributed by atoms with Gasteiger partial charge in [-0.3, -0.25) is 0 Å². The molecule has 9 rings (SSSR count). The molecule has 0 spiro atoms. The Bertz CT molecular complexity index is 2330. The second-order valence-electron chi connectivity index (χ2n) is 17.0. The quantitative estimate of drug-likeness (QED) is 0.111. The summed E-state index contributed by atoms with van der Waals surface area (Å²) in [5.41, 5.74) is 13.1. The van der Waals surface area contributed by atoms with E-state index in [-0.39, 0.29) is 5.41 Å². The first-order valence-corrected chi connectivity index (χ1v) is 22.1. The van der Waals surface area contributed by atoms with E-state index in [2.05, 4.69) is 134 Å². The first kappa shape index (κ1) is 38.5. The van der Waals surface area contributed by atoms with Gasteiger partial charge in [0.2, 0.25) is 0 Å². The van der Waals surface area contributed by atoms with Crippen LogP contribution in [0, 0.1) is 0 Å². The topological polar surface area (TPSA) is 34.2 Å². The highest BCUT2D eigenvalue weighted by Gasteiger charge is 2.48. The number of morpholine rings is 1. The summed E-state index contributed by atoms with van der Waals surface area (Å²) >= 11 is 0. The summed E-state index contributed by atoms with van der Waals surface area (Å²) in [5, 5.41) is 2.32. The lowest BCUT2D eigenvalue weighted by Gasteiger charge is -2.40. The van der Waals surface area contributed by atoms with E-state index in [0.717, 1.165) is 106 Å². The van der Waals surface area contributed by atoms with Crippen molar-refractivity contribution in [2.75, 3.05) is 49.8 Å². The third-order valence-corrected chi connectivity index (χ3v) is 13.5. The van der Waals surface area contributed by atoms with Crippen LogP contribution in [0.1, 0.15) is 112 Å². The van der Waals surface area contributed by atoms with Gasteiger partial charge in [-0.25, -0.2) is 0 Å². The maximum atomic E-state index is 7.81. The van der Waals surface area contributed by atoms with Gasteiger partial charge in [0, 0.05) is 64.2 Å². The lowest BCUT2D eigenvalue weighted by molar-refractivity contribution is 0.122. The fourth-order valence-electron chi connectivity index (χ4n) is 10.7. The number of fused-ring (bicyclic) bond motifs is 8. The fourth-order valence-corrected chi connectivity index (χ4v) is 10.7. The number of hydrogen-bond acceptors (Lipinski definition) is 5. The van der Waals surface area contributed by atoms with Gasteiger partial charge < -0.3 is 24.0 Å². The third-order valence-electron chi connectivity index (χ3n) is 13.5. The van der Waals surface area contributed by atoms with Crippen LogP contribution >= 0.6 is 0 Å². The molecule has 2 fully saturated rings. The molecule has 2 saturated heterocycles. The number of benzene rings is 5. The van der Waals surface area contributed by atoms with Crippen LogP contribution in [-0.4, -0.2) is 40.0 Å². The lowest BCUT2D eigenvalue weighted by atomic mass is 9.69. The summed E-state index contributed by atoms with van der Waals surface area (Å²) in [6, 6.07) is 32.2. The van der Waals surface area contributed by atoms with E-state index in [1.165, 1.54) is 75.1 Å². The monoisotopic (exact) mass is 772 g/mol. The number of anilines is 2. The summed E-state index contributed by atoms with van der Waals surface area (Å²) in [4.78, 5) is 4.87. The Labute approximate surface area is 346 Å². The number of hydrogen-bond donors (Lipinski definition) is 0. The van der Waals surface area contributed by atoms with Crippen molar-refractivity contribution in [3.8, 4) is 22.6 Å². The summed E-state index contributed by atoms with van der Waals surface area (Å²) in [7, 11) is 1.78. The minimum atomic E-state index is -0.827. The van der Waals surface area contributed by atoms with Crippen molar-refractivity contribution in [1.29, 1.82) is 0 Å². The SMILES string of the molecule is C=C1CCCN1c1ccc2c(c1)C(CCC)(CCC)c1c3c(c4ccc(OC)cc4c1-2)OC(c1ccc(CCCCC)cc1)(c1ccc(N2CCOCC2)cc1)C=C3. The van der Waals surface area contributed by atoms with Gasteiger partial charge >= 0.3 is 0 Å². The van der Waals surface area contributed by atoms with Gasteiger partial charge in [0.25, 0.3) is 0 Å². The van der Waals surface area contributed by atoms with E-state index in [0.29, 0.717) is 0 Å². The molecule has 0 N–H and O–H groups in total. The van der Waals surface area contributed by atoms with E-state index in [1.54, 1.807) is 7.11 Å². The van der Waals surface area contributed by atoms with Crippen LogP contribution in [0.15, 0.2) is 103 Å². The second kappa shape index (κ2) is 16.0. The minimum absolute atomic E-state index is 0.166. The number of allylic oxidation sites excluding steroid dienone is 1. The maximum absolute atomic E-state index is 7.81. The van der Waals surface area contributed by atoms with Crippen molar-refractivity contribution < 1.29 is 14.2 Å². The molecule has 3 aliphatic heterocycles. The highest BCUT2D eigenvalue weighted by molar-refractivity contribution is 6.09. The van der Waals surface area contributed by atoms with Gasteiger partial charge in [0.1, 0.15) is 11.5 Å². The average Bonchev–Trinajstić information content (AvgIpc) is 3.82. The normalized spacial score (nSPS) is 19.3. The second-order valence-corrected chi connectivity index (χ2v) is 17.0. The van der Waals surface area contributed by atoms with E-state index in [4.69, 9.17) is 14.2 Å². The lowest BCUT2D eigenvalue weighted by Crippen LogP contribution is -2.37. The van der Waals surface area contributed by atoms with Gasteiger partial charge in [-0.05, 0) is 120 Å². The zero-order valence-corrected chi connectivity index (χ0v) is 35.2. The molecule has 0 radical (unpaired) electrons. The Kier molecular flexibility index (Phi) is 10.6. The van der Waals surface area contributed by atoms with Crippen LogP contribution in [-0.2, 0) is 22.2 Å². The van der Waals surface area contributed by atoms with E-state index >= 15 is 0 Å². The molecule has 4 aliphatic rings. The third kappa shape index (κ3) is 6.41. The zero-order chi connectivity index (χ0) is 39.9. The Morgan fingerprint density at radius 2 is 1.48 bits per heavy atom. The van der Waals surface area contributed by atoms with E-state index in [9.17, 15) is 0 Å². The summed E-state index contributed by atoms with van der Waals surface area (Å²) in [5.74, 6) is 1.82. The van der Waals surface area contributed by atoms with Crippen molar-refractivity contribution in [1.82, 2.24) is 0 Å². The molecule has 0 aromatic heterocycles. The molecule has 5 nitrogen and oxygen atoms in total. The molecule has 1 atom stereocenters. The number of rotatable bonds is 13. The van der Waals surface area contributed by atoms with Crippen LogP contribution in [0.5, 0.6) is 11.5 Å². The molecule has 0 bridgehead atoms. The predicted molar refractivity (Wildman–Crippen MR) is 242 cm³/mol. The first-order chi connectivity index (χ1) is 28.4. The van der Waals surface area contributed by atoms with Gasteiger partial charge in [-0.15, -0.1) is 0 Å². The van der Waals surface area contributed by atoms with Crippen molar-refractivity contribution in [3.63, 3.8) is 0 Å². The Hall–Kier alpha value is -5.00. The number of aryl methyl sites for hydroxylation is 1. The summed E-state index contributed by atoms with van der Waals surface area (Å²) < 4.78 is 19.5. The maximum Gasteiger partial charge on any atom is 0.178 e. The standard InChI is InChI=1S/C53H60N2O3/c1-6-9-10-13-38-14-16-39(17-15-38)53(40-18-20-41(21-19-40)54-31-33-57-34-32-54)29-26-46-50-49(47-36-43(56-5)23-25-44(47)51(46)58-53)45-24-22-42(55-30-11-12-37(55)4)35-48(45)52(50,27-7-2)28-8-3/h14-26,29,35-36H,4,6-13,27-28,30-34H2,1-3,5H3. The molecule has 0 saturated carbocycles. The average molecular weight is 773 g/mol. The highest BCUT2D eigenvalue weighted by atomic mass is 16.5. The Balaban J connectivity index is 1.26. The van der Waals surface area contributed by atoms with Crippen LogP contribution in [0.2, 0.25) is 0 Å². The molecule has 58 heavy (non-hydrogen) atoms. The molecule has 1 aliphatic carbocycles. The Morgan fingerprint density at radius 3 is 2.16 bits per heavy atom. The number of unbranched alkanes of at least 4 members (excludes halogenated alkanes) is 2.